The molecule has 0 bridgehead atoms. The summed E-state index contributed by atoms with van der Waals surface area (Å²) >= 11 is 0. The van der Waals surface area contributed by atoms with Crippen LogP contribution in [0.4, 0.5) is 0 Å². The lowest BCUT2D eigenvalue weighted by molar-refractivity contribution is -0.353. The van der Waals surface area contributed by atoms with Crippen LogP contribution in [0.25, 0.3) is 0 Å². The Morgan fingerprint density at radius 3 is 2.72 bits per heavy atom. The second-order valence-corrected chi connectivity index (χ2v) is 5.83. The SMILES string of the molecule is CC1(C)OC[C@@]2(C)[C@H](CC#N)O[C@H](CO)C[C@H]2O1. The van der Waals surface area contributed by atoms with Gasteiger partial charge in [-0.3, -0.25) is 0 Å². The Labute approximate surface area is 108 Å². The van der Waals surface area contributed by atoms with E-state index in [0.29, 0.717) is 13.0 Å². The fourth-order valence-corrected chi connectivity index (χ4v) is 2.71. The van der Waals surface area contributed by atoms with Crippen LogP contribution in [0.1, 0.15) is 33.6 Å². The fourth-order valence-electron chi connectivity index (χ4n) is 2.71. The Morgan fingerprint density at radius 2 is 2.11 bits per heavy atom. The number of aliphatic hydroxyl groups excluding tert-OH is 1. The number of nitriles is 1. The fraction of sp³-hybridized carbons (Fsp3) is 0.923. The third kappa shape index (κ3) is 2.39. The van der Waals surface area contributed by atoms with Crippen molar-refractivity contribution < 1.29 is 19.3 Å². The summed E-state index contributed by atoms with van der Waals surface area (Å²) < 4.78 is 17.5. The van der Waals surface area contributed by atoms with Crippen molar-refractivity contribution in [2.75, 3.05) is 13.2 Å². The van der Waals surface area contributed by atoms with Gasteiger partial charge in [0.15, 0.2) is 5.79 Å². The molecule has 0 unspecified atom stereocenters. The van der Waals surface area contributed by atoms with Gasteiger partial charge < -0.3 is 19.3 Å². The van der Waals surface area contributed by atoms with E-state index in [1.807, 2.05) is 20.8 Å². The summed E-state index contributed by atoms with van der Waals surface area (Å²) in [6.45, 7) is 6.27. The molecule has 4 atom stereocenters. The first-order chi connectivity index (χ1) is 8.41. The lowest BCUT2D eigenvalue weighted by Gasteiger charge is -2.54. The smallest absolute Gasteiger partial charge is 0.163 e. The Morgan fingerprint density at radius 1 is 1.39 bits per heavy atom. The standard InChI is InChI=1S/C13H21NO4/c1-12(2)16-8-13(3)10(4-5-14)17-9(7-15)6-11(13)18-12/h9-11,15H,4,6-8H2,1-3H3/t9-,10-,11+,13-/m0/s1. The number of aliphatic hydroxyl groups is 1. The summed E-state index contributed by atoms with van der Waals surface area (Å²) in [7, 11) is 0. The largest absolute Gasteiger partial charge is 0.394 e. The van der Waals surface area contributed by atoms with Gasteiger partial charge in [-0.15, -0.1) is 0 Å². The monoisotopic (exact) mass is 255 g/mol. The van der Waals surface area contributed by atoms with E-state index in [9.17, 15) is 5.11 Å². The molecule has 0 radical (unpaired) electrons. The molecular weight excluding hydrogens is 234 g/mol. The van der Waals surface area contributed by atoms with Crippen molar-refractivity contribution in [2.45, 2.75) is 57.7 Å². The molecule has 2 rings (SSSR count). The molecule has 0 aromatic carbocycles. The maximum Gasteiger partial charge on any atom is 0.163 e. The number of fused-ring (bicyclic) bond motifs is 1. The van der Waals surface area contributed by atoms with Crippen LogP contribution in [0.2, 0.25) is 0 Å². The highest BCUT2D eigenvalue weighted by molar-refractivity contribution is 5.01. The van der Waals surface area contributed by atoms with Crippen LogP contribution in [0.15, 0.2) is 0 Å². The van der Waals surface area contributed by atoms with Crippen LogP contribution in [-0.4, -0.2) is 42.4 Å². The van der Waals surface area contributed by atoms with Crippen molar-refractivity contribution in [3.8, 4) is 6.07 Å². The quantitative estimate of drug-likeness (QED) is 0.803. The van der Waals surface area contributed by atoms with Crippen molar-refractivity contribution in [1.29, 1.82) is 5.26 Å². The summed E-state index contributed by atoms with van der Waals surface area (Å²) in [5.41, 5.74) is -0.322. The topological polar surface area (TPSA) is 71.7 Å². The zero-order chi connectivity index (χ0) is 13.4. The molecule has 0 saturated carbocycles. The highest BCUT2D eigenvalue weighted by Gasteiger charge is 2.53. The minimum absolute atomic E-state index is 0.0425. The summed E-state index contributed by atoms with van der Waals surface area (Å²) in [4.78, 5) is 0. The van der Waals surface area contributed by atoms with Crippen molar-refractivity contribution in [1.82, 2.24) is 0 Å². The minimum Gasteiger partial charge on any atom is -0.394 e. The summed E-state index contributed by atoms with van der Waals surface area (Å²) in [6, 6.07) is 2.14. The maximum absolute atomic E-state index is 9.29. The second kappa shape index (κ2) is 4.78. The molecule has 102 valence electrons. The molecule has 2 aliphatic heterocycles. The molecule has 0 aromatic rings. The molecule has 5 heteroatoms. The molecule has 0 amide bonds. The zero-order valence-electron chi connectivity index (χ0n) is 11.2. The van der Waals surface area contributed by atoms with Gasteiger partial charge in [-0.1, -0.05) is 6.92 Å². The number of hydrogen-bond acceptors (Lipinski definition) is 5. The summed E-state index contributed by atoms with van der Waals surface area (Å²) in [6.07, 6.45) is 0.369. The highest BCUT2D eigenvalue weighted by Crippen LogP contribution is 2.45. The van der Waals surface area contributed by atoms with E-state index in [1.54, 1.807) is 0 Å². The number of ether oxygens (including phenoxy) is 3. The van der Waals surface area contributed by atoms with Crippen molar-refractivity contribution in [3.05, 3.63) is 0 Å². The van der Waals surface area contributed by atoms with E-state index in [-0.39, 0.29) is 36.8 Å². The summed E-state index contributed by atoms with van der Waals surface area (Å²) in [5.74, 6) is -0.612. The molecular formula is C13H21NO4. The lowest BCUT2D eigenvalue weighted by atomic mass is 9.73. The van der Waals surface area contributed by atoms with Crippen LogP contribution in [0.5, 0.6) is 0 Å². The maximum atomic E-state index is 9.29. The van der Waals surface area contributed by atoms with E-state index in [2.05, 4.69) is 6.07 Å². The van der Waals surface area contributed by atoms with Gasteiger partial charge in [-0.2, -0.15) is 5.26 Å². The van der Waals surface area contributed by atoms with Gasteiger partial charge in [0.25, 0.3) is 0 Å². The van der Waals surface area contributed by atoms with Gasteiger partial charge in [0.2, 0.25) is 0 Å². The third-order valence-corrected chi connectivity index (χ3v) is 3.94. The Bertz CT molecular complexity index is 351. The van der Waals surface area contributed by atoms with Crippen LogP contribution < -0.4 is 0 Å². The predicted octanol–water partition coefficient (Wildman–Crippen LogP) is 1.21. The molecule has 0 aliphatic carbocycles. The second-order valence-electron chi connectivity index (χ2n) is 5.83. The average Bonchev–Trinajstić information content (AvgIpc) is 2.31. The molecule has 2 saturated heterocycles. The van der Waals surface area contributed by atoms with Crippen LogP contribution >= 0.6 is 0 Å². The van der Waals surface area contributed by atoms with Crippen LogP contribution in [0, 0.1) is 16.7 Å². The minimum atomic E-state index is -0.612. The van der Waals surface area contributed by atoms with Gasteiger partial charge in [0.1, 0.15) is 0 Å². The molecule has 0 spiro atoms. The summed E-state index contributed by atoms with van der Waals surface area (Å²) in [5, 5.41) is 18.2. The molecule has 0 aromatic heterocycles. The zero-order valence-corrected chi connectivity index (χ0v) is 11.2. The van der Waals surface area contributed by atoms with Crippen molar-refractivity contribution in [2.24, 2.45) is 5.41 Å². The number of hydrogen-bond donors (Lipinski definition) is 1. The molecule has 18 heavy (non-hydrogen) atoms. The first-order valence-corrected chi connectivity index (χ1v) is 6.36. The first kappa shape index (κ1) is 13.8. The molecule has 1 N–H and O–H groups in total. The third-order valence-electron chi connectivity index (χ3n) is 3.94. The van der Waals surface area contributed by atoms with Gasteiger partial charge in [-0.25, -0.2) is 0 Å². The van der Waals surface area contributed by atoms with E-state index >= 15 is 0 Å². The van der Waals surface area contributed by atoms with E-state index < -0.39 is 5.79 Å². The van der Waals surface area contributed by atoms with Crippen LogP contribution in [-0.2, 0) is 14.2 Å². The first-order valence-electron chi connectivity index (χ1n) is 6.36. The molecule has 2 fully saturated rings. The van der Waals surface area contributed by atoms with Crippen LogP contribution in [0.3, 0.4) is 0 Å². The Balaban J connectivity index is 2.21. The van der Waals surface area contributed by atoms with Crippen molar-refractivity contribution in [3.63, 3.8) is 0 Å². The van der Waals surface area contributed by atoms with Gasteiger partial charge in [-0.05, 0) is 13.8 Å². The van der Waals surface area contributed by atoms with E-state index in [1.165, 1.54) is 0 Å². The predicted molar refractivity (Wildman–Crippen MR) is 63.6 cm³/mol. The Kier molecular flexibility index (Phi) is 3.65. The number of nitrogens with zero attached hydrogens (tertiary/aromatic N) is 1. The van der Waals surface area contributed by atoms with Gasteiger partial charge >= 0.3 is 0 Å². The highest BCUT2D eigenvalue weighted by atomic mass is 16.7. The van der Waals surface area contributed by atoms with E-state index in [0.717, 1.165) is 0 Å². The van der Waals surface area contributed by atoms with E-state index in [4.69, 9.17) is 19.5 Å². The molecule has 2 aliphatic rings. The molecule has 2 heterocycles. The van der Waals surface area contributed by atoms with Gasteiger partial charge in [0.05, 0.1) is 44.0 Å². The average molecular weight is 255 g/mol. The van der Waals surface area contributed by atoms with Crippen molar-refractivity contribution >= 4 is 0 Å². The normalized spacial score (nSPS) is 42.9. The lowest BCUT2D eigenvalue weighted by Crippen LogP contribution is -2.61. The van der Waals surface area contributed by atoms with Gasteiger partial charge in [0, 0.05) is 11.8 Å². The number of rotatable bonds is 2. The Hall–Kier alpha value is -0.670. The molecule has 5 nitrogen and oxygen atoms in total.